The predicted molar refractivity (Wildman–Crippen MR) is 104 cm³/mol. The van der Waals surface area contributed by atoms with E-state index in [0.29, 0.717) is 5.92 Å². The van der Waals surface area contributed by atoms with Gasteiger partial charge in [-0.25, -0.2) is 4.98 Å². The number of nitrogens with one attached hydrogen (secondary N) is 1. The van der Waals surface area contributed by atoms with Crippen LogP contribution in [0.5, 0.6) is 0 Å². The topological polar surface area (TPSA) is 42.0 Å². The largest absolute Gasteiger partial charge is 0.349 e. The van der Waals surface area contributed by atoms with E-state index in [2.05, 4.69) is 12.2 Å². The summed E-state index contributed by atoms with van der Waals surface area (Å²) in [6, 6.07) is 14.2. The minimum absolute atomic E-state index is 0.0233. The van der Waals surface area contributed by atoms with Crippen molar-refractivity contribution >= 4 is 28.1 Å². The number of nitrogens with zero attached hydrogens (tertiary/aromatic N) is 1. The maximum absolute atomic E-state index is 13.1. The van der Waals surface area contributed by atoms with E-state index in [1.165, 1.54) is 19.3 Å². The number of hydrogen-bond donors (Lipinski definition) is 1. The molecule has 0 saturated heterocycles. The molecule has 1 aliphatic carbocycles. The Morgan fingerprint density at radius 3 is 2.80 bits per heavy atom. The summed E-state index contributed by atoms with van der Waals surface area (Å²) in [4.78, 5) is 18.9. The third kappa shape index (κ3) is 3.31. The zero-order chi connectivity index (χ0) is 17.2. The summed E-state index contributed by atoms with van der Waals surface area (Å²) in [6.07, 6.45) is 4.75. The minimum Gasteiger partial charge on any atom is -0.349 e. The van der Waals surface area contributed by atoms with Crippen LogP contribution in [0.4, 0.5) is 0 Å². The maximum Gasteiger partial charge on any atom is 0.252 e. The first-order valence-electron chi connectivity index (χ1n) is 8.97. The predicted octanol–water partition coefficient (Wildman–Crippen LogP) is 5.27. The summed E-state index contributed by atoms with van der Waals surface area (Å²) in [5.41, 5.74) is 2.47. The van der Waals surface area contributed by atoms with Crippen molar-refractivity contribution in [2.75, 3.05) is 0 Å². The summed E-state index contributed by atoms with van der Waals surface area (Å²) in [5.74, 6) is 0.567. The van der Waals surface area contributed by atoms with Crippen LogP contribution >= 0.6 is 11.3 Å². The van der Waals surface area contributed by atoms with Crippen LogP contribution in [-0.4, -0.2) is 16.9 Å². The third-order valence-electron chi connectivity index (χ3n) is 5.16. The fraction of sp³-hybridized carbons (Fsp3) is 0.333. The van der Waals surface area contributed by atoms with Gasteiger partial charge in [-0.15, -0.1) is 11.3 Å². The monoisotopic (exact) mass is 350 g/mol. The van der Waals surface area contributed by atoms with Crippen molar-refractivity contribution in [1.29, 1.82) is 0 Å². The van der Waals surface area contributed by atoms with Crippen LogP contribution in [-0.2, 0) is 0 Å². The number of aromatic nitrogens is 1. The lowest BCUT2D eigenvalue weighted by Crippen LogP contribution is -2.41. The van der Waals surface area contributed by atoms with Gasteiger partial charge in [-0.05, 0) is 42.3 Å². The lowest BCUT2D eigenvalue weighted by molar-refractivity contribution is 0.0912. The molecule has 2 atom stereocenters. The Morgan fingerprint density at radius 2 is 2.00 bits per heavy atom. The lowest BCUT2D eigenvalue weighted by Gasteiger charge is -2.29. The first-order chi connectivity index (χ1) is 12.2. The number of pyridine rings is 1. The van der Waals surface area contributed by atoms with Gasteiger partial charge >= 0.3 is 0 Å². The van der Waals surface area contributed by atoms with Gasteiger partial charge in [-0.1, -0.05) is 44.0 Å². The molecule has 2 heterocycles. The van der Waals surface area contributed by atoms with E-state index in [4.69, 9.17) is 4.98 Å². The SMILES string of the molecule is C[C@@H]1CCCC[C@H]1NC(=O)c1cc(-c2cccs2)nc2ccccc12. The first kappa shape index (κ1) is 16.3. The minimum atomic E-state index is 0.0233. The Balaban J connectivity index is 1.73. The van der Waals surface area contributed by atoms with Gasteiger partial charge in [0.15, 0.2) is 0 Å². The number of fused-ring (bicyclic) bond motifs is 1. The van der Waals surface area contributed by atoms with Gasteiger partial charge in [0.1, 0.15) is 0 Å². The molecule has 0 unspecified atom stereocenters. The van der Waals surface area contributed by atoms with E-state index in [-0.39, 0.29) is 11.9 Å². The van der Waals surface area contributed by atoms with Crippen molar-refractivity contribution in [3.8, 4) is 10.6 Å². The highest BCUT2D eigenvalue weighted by atomic mass is 32.1. The van der Waals surface area contributed by atoms with Crippen LogP contribution in [0.3, 0.4) is 0 Å². The summed E-state index contributed by atoms with van der Waals surface area (Å²) >= 11 is 1.65. The molecular weight excluding hydrogens is 328 g/mol. The molecule has 1 aliphatic rings. The molecule has 2 aromatic heterocycles. The standard InChI is InChI=1S/C21H22N2OS/c1-14-7-2-4-9-17(14)23-21(24)16-13-19(20-11-6-12-25-20)22-18-10-5-3-8-15(16)18/h3,5-6,8,10-14,17H,2,4,7,9H2,1H3,(H,23,24)/t14-,17-/m1/s1. The molecule has 1 saturated carbocycles. The van der Waals surface area contributed by atoms with E-state index < -0.39 is 0 Å². The second-order valence-corrected chi connectivity index (χ2v) is 7.84. The van der Waals surface area contributed by atoms with Crippen molar-refractivity contribution in [3.05, 3.63) is 53.4 Å². The van der Waals surface area contributed by atoms with E-state index in [9.17, 15) is 4.79 Å². The Morgan fingerprint density at radius 1 is 1.16 bits per heavy atom. The van der Waals surface area contributed by atoms with Gasteiger partial charge in [-0.3, -0.25) is 4.79 Å². The van der Waals surface area contributed by atoms with Crippen molar-refractivity contribution in [2.45, 2.75) is 38.6 Å². The van der Waals surface area contributed by atoms with E-state index in [1.807, 2.05) is 47.8 Å². The Bertz CT molecular complexity index is 888. The van der Waals surface area contributed by atoms with Crippen LogP contribution < -0.4 is 5.32 Å². The van der Waals surface area contributed by atoms with E-state index >= 15 is 0 Å². The molecule has 4 rings (SSSR count). The molecule has 0 radical (unpaired) electrons. The smallest absolute Gasteiger partial charge is 0.252 e. The summed E-state index contributed by atoms with van der Waals surface area (Å²) in [5, 5.41) is 6.24. The quantitative estimate of drug-likeness (QED) is 0.699. The van der Waals surface area contributed by atoms with Crippen molar-refractivity contribution < 1.29 is 4.79 Å². The molecule has 3 aromatic rings. The molecule has 128 valence electrons. The van der Waals surface area contributed by atoms with E-state index in [0.717, 1.165) is 33.5 Å². The van der Waals surface area contributed by atoms with Gasteiger partial charge in [-0.2, -0.15) is 0 Å². The molecule has 1 amide bonds. The Kier molecular flexibility index (Phi) is 4.53. The number of hydrogen-bond acceptors (Lipinski definition) is 3. The highest BCUT2D eigenvalue weighted by molar-refractivity contribution is 7.13. The molecule has 0 aliphatic heterocycles. The molecule has 0 spiro atoms. The Hall–Kier alpha value is -2.20. The van der Waals surface area contributed by atoms with Crippen molar-refractivity contribution in [1.82, 2.24) is 10.3 Å². The van der Waals surface area contributed by atoms with E-state index in [1.54, 1.807) is 11.3 Å². The van der Waals surface area contributed by atoms with Crippen LogP contribution in [0.25, 0.3) is 21.5 Å². The number of thiophene rings is 1. The van der Waals surface area contributed by atoms with Crippen LogP contribution in [0, 0.1) is 5.92 Å². The Labute approximate surface area is 152 Å². The summed E-state index contributed by atoms with van der Waals surface area (Å²) in [7, 11) is 0. The average Bonchev–Trinajstić information content (AvgIpc) is 3.17. The summed E-state index contributed by atoms with van der Waals surface area (Å²) < 4.78 is 0. The third-order valence-corrected chi connectivity index (χ3v) is 6.05. The number of carbonyl (C=O) groups excluding carboxylic acids is 1. The van der Waals surface area contributed by atoms with Gasteiger partial charge in [0.25, 0.3) is 5.91 Å². The zero-order valence-electron chi connectivity index (χ0n) is 14.4. The highest BCUT2D eigenvalue weighted by Gasteiger charge is 2.24. The molecule has 3 nitrogen and oxygen atoms in total. The summed E-state index contributed by atoms with van der Waals surface area (Å²) in [6.45, 7) is 2.24. The number of benzene rings is 1. The molecule has 1 N–H and O–H groups in total. The van der Waals surface area contributed by atoms with Gasteiger partial charge in [0.05, 0.1) is 21.7 Å². The van der Waals surface area contributed by atoms with Gasteiger partial charge in [0, 0.05) is 11.4 Å². The molecule has 25 heavy (non-hydrogen) atoms. The lowest BCUT2D eigenvalue weighted by atomic mass is 9.86. The van der Waals surface area contributed by atoms with Crippen LogP contribution in [0.2, 0.25) is 0 Å². The van der Waals surface area contributed by atoms with Gasteiger partial charge < -0.3 is 5.32 Å². The fourth-order valence-electron chi connectivity index (χ4n) is 3.69. The van der Waals surface area contributed by atoms with Crippen molar-refractivity contribution in [2.24, 2.45) is 5.92 Å². The molecule has 1 aromatic carbocycles. The second kappa shape index (κ2) is 6.96. The van der Waals surface area contributed by atoms with Crippen LogP contribution in [0.1, 0.15) is 43.0 Å². The molecular formula is C21H22N2OS. The number of carbonyl (C=O) groups is 1. The second-order valence-electron chi connectivity index (χ2n) is 6.89. The fourth-order valence-corrected chi connectivity index (χ4v) is 4.38. The first-order valence-corrected chi connectivity index (χ1v) is 9.85. The molecule has 0 bridgehead atoms. The number of amides is 1. The number of rotatable bonds is 3. The average molecular weight is 350 g/mol. The number of para-hydroxylation sites is 1. The van der Waals surface area contributed by atoms with Crippen molar-refractivity contribution in [3.63, 3.8) is 0 Å². The maximum atomic E-state index is 13.1. The van der Waals surface area contributed by atoms with Crippen LogP contribution in [0.15, 0.2) is 47.8 Å². The highest BCUT2D eigenvalue weighted by Crippen LogP contribution is 2.29. The zero-order valence-corrected chi connectivity index (χ0v) is 15.2. The van der Waals surface area contributed by atoms with Gasteiger partial charge in [0.2, 0.25) is 0 Å². The molecule has 1 fully saturated rings. The molecule has 4 heteroatoms. The normalized spacial score (nSPS) is 20.5.